The van der Waals surface area contributed by atoms with Crippen LogP contribution in [0.15, 0.2) is 24.3 Å². The van der Waals surface area contributed by atoms with E-state index in [2.05, 4.69) is 33.9 Å². The van der Waals surface area contributed by atoms with Crippen LogP contribution < -0.4 is 44.0 Å². The standard InChI is InChI=1S/C14H25O2Si2.Na/c1-14(2,3)18(6,7)16-12-8-10-13(11-9-12)17(4,5)15;/h8-11H,1-7H3;/q-1;+1. The van der Waals surface area contributed by atoms with Crippen molar-refractivity contribution >= 4 is 21.8 Å². The molecule has 0 amide bonds. The Labute approximate surface area is 142 Å². The topological polar surface area (TPSA) is 32.3 Å². The molecule has 0 spiro atoms. The summed E-state index contributed by atoms with van der Waals surface area (Å²) in [7, 11) is -4.22. The van der Waals surface area contributed by atoms with Gasteiger partial charge in [-0.25, -0.2) is 0 Å². The molecule has 0 atom stereocenters. The number of rotatable bonds is 3. The Morgan fingerprint density at radius 2 is 1.37 bits per heavy atom. The third-order valence-corrected chi connectivity index (χ3v) is 9.81. The average molecular weight is 305 g/mol. The van der Waals surface area contributed by atoms with Crippen LogP contribution in [0.3, 0.4) is 0 Å². The first-order valence-corrected chi connectivity index (χ1v) is 12.3. The van der Waals surface area contributed by atoms with Gasteiger partial charge in [0.15, 0.2) is 0 Å². The van der Waals surface area contributed by atoms with Crippen LogP contribution in [0.25, 0.3) is 0 Å². The Kier molecular flexibility index (Phi) is 6.59. The monoisotopic (exact) mass is 304 g/mol. The molecule has 0 unspecified atom stereocenters. The Bertz CT molecular complexity index is 403. The fourth-order valence-corrected chi connectivity index (χ4v) is 3.37. The Balaban J connectivity index is 0.00000324. The van der Waals surface area contributed by atoms with Crippen LogP contribution in [-0.4, -0.2) is 16.6 Å². The van der Waals surface area contributed by atoms with Crippen LogP contribution in [0.1, 0.15) is 20.8 Å². The van der Waals surface area contributed by atoms with Crippen LogP contribution in [0, 0.1) is 0 Å². The summed E-state index contributed by atoms with van der Waals surface area (Å²) in [5, 5.41) is 1.13. The van der Waals surface area contributed by atoms with Crippen molar-refractivity contribution in [3.63, 3.8) is 0 Å². The van der Waals surface area contributed by atoms with Gasteiger partial charge in [0.25, 0.3) is 0 Å². The normalized spacial score (nSPS) is 12.8. The molecule has 0 radical (unpaired) electrons. The molecule has 0 bridgehead atoms. The van der Waals surface area contributed by atoms with Gasteiger partial charge in [0.2, 0.25) is 8.32 Å². The summed E-state index contributed by atoms with van der Waals surface area (Å²) in [5.41, 5.74) is 0. The maximum Gasteiger partial charge on any atom is 1.00 e. The molecule has 0 aliphatic heterocycles. The van der Waals surface area contributed by atoms with Crippen molar-refractivity contribution in [2.45, 2.75) is 52.0 Å². The average Bonchev–Trinajstić information content (AvgIpc) is 2.14. The molecule has 1 rings (SSSR count). The summed E-state index contributed by atoms with van der Waals surface area (Å²) < 4.78 is 6.19. The van der Waals surface area contributed by atoms with Crippen LogP contribution in [0.5, 0.6) is 5.75 Å². The predicted octanol–water partition coefficient (Wildman–Crippen LogP) is -0.153. The zero-order valence-electron chi connectivity index (χ0n) is 13.6. The molecule has 5 heteroatoms. The van der Waals surface area contributed by atoms with E-state index in [0.29, 0.717) is 0 Å². The van der Waals surface area contributed by atoms with E-state index in [4.69, 9.17) is 4.43 Å². The number of hydrogen-bond acceptors (Lipinski definition) is 2. The van der Waals surface area contributed by atoms with Gasteiger partial charge in [0.1, 0.15) is 5.75 Å². The largest absolute Gasteiger partial charge is 1.00 e. The van der Waals surface area contributed by atoms with Gasteiger partial charge < -0.3 is 9.22 Å². The Morgan fingerprint density at radius 3 is 1.68 bits per heavy atom. The molecule has 0 aliphatic carbocycles. The fraction of sp³-hybridized carbons (Fsp3) is 0.571. The van der Waals surface area contributed by atoms with Crippen molar-refractivity contribution in [2.75, 3.05) is 0 Å². The minimum absolute atomic E-state index is 0. The summed E-state index contributed by atoms with van der Waals surface area (Å²) in [4.78, 5) is 12.0. The second kappa shape index (κ2) is 6.45. The first-order chi connectivity index (χ1) is 7.93. The Hall–Kier alpha value is 0.414. The van der Waals surface area contributed by atoms with Gasteiger partial charge in [-0.2, -0.15) is 0 Å². The molecular formula is C14H25NaO2Si2. The molecule has 102 valence electrons. The van der Waals surface area contributed by atoms with E-state index in [1.165, 1.54) is 0 Å². The molecule has 0 fully saturated rings. The van der Waals surface area contributed by atoms with Crippen molar-refractivity contribution in [2.24, 2.45) is 0 Å². The summed E-state index contributed by atoms with van der Waals surface area (Å²) in [6.45, 7) is 14.8. The second-order valence-corrected chi connectivity index (χ2v) is 15.2. The number of benzene rings is 1. The van der Waals surface area contributed by atoms with Gasteiger partial charge in [-0.1, -0.05) is 51.2 Å². The van der Waals surface area contributed by atoms with Gasteiger partial charge in [0, 0.05) is 0 Å². The zero-order chi connectivity index (χ0) is 14.2. The van der Waals surface area contributed by atoms with Crippen LogP contribution >= 0.6 is 0 Å². The first kappa shape index (κ1) is 19.4. The van der Waals surface area contributed by atoms with E-state index < -0.39 is 16.6 Å². The molecule has 0 heterocycles. The van der Waals surface area contributed by atoms with E-state index in [0.717, 1.165) is 10.9 Å². The molecule has 0 N–H and O–H groups in total. The predicted molar refractivity (Wildman–Crippen MR) is 81.4 cm³/mol. The van der Waals surface area contributed by atoms with E-state index in [-0.39, 0.29) is 34.6 Å². The summed E-state index contributed by atoms with van der Waals surface area (Å²) in [6.07, 6.45) is 0. The molecule has 0 aromatic heterocycles. The van der Waals surface area contributed by atoms with Crippen LogP contribution in [0.2, 0.25) is 31.2 Å². The zero-order valence-corrected chi connectivity index (χ0v) is 17.6. The molecule has 1 aromatic rings. The summed E-state index contributed by atoms with van der Waals surface area (Å²) >= 11 is 0. The van der Waals surface area contributed by atoms with Gasteiger partial charge in [0.05, 0.1) is 0 Å². The summed E-state index contributed by atoms with van der Waals surface area (Å²) in [5.74, 6) is 0.892. The van der Waals surface area contributed by atoms with Crippen molar-refractivity contribution < 1.29 is 38.8 Å². The number of hydrogen-bond donors (Lipinski definition) is 0. The first-order valence-electron chi connectivity index (χ1n) is 6.43. The van der Waals surface area contributed by atoms with E-state index in [1.54, 1.807) is 0 Å². The van der Waals surface area contributed by atoms with E-state index >= 15 is 0 Å². The van der Waals surface area contributed by atoms with Gasteiger partial charge >= 0.3 is 29.6 Å². The maximum absolute atomic E-state index is 12.0. The van der Waals surface area contributed by atoms with E-state index in [9.17, 15) is 4.80 Å². The molecule has 1 aromatic carbocycles. The third-order valence-electron chi connectivity index (χ3n) is 3.73. The molecule has 0 saturated heterocycles. The maximum atomic E-state index is 12.0. The van der Waals surface area contributed by atoms with Crippen molar-refractivity contribution in [3.8, 4) is 5.75 Å². The smallest absolute Gasteiger partial charge is 0.855 e. The van der Waals surface area contributed by atoms with Crippen LogP contribution in [-0.2, 0) is 0 Å². The van der Waals surface area contributed by atoms with Gasteiger partial charge in [-0.15, -0.1) is 0 Å². The third kappa shape index (κ3) is 5.36. The minimum atomic E-state index is -2.45. The minimum Gasteiger partial charge on any atom is -0.855 e. The molecule has 0 saturated carbocycles. The molecular weight excluding hydrogens is 279 g/mol. The second-order valence-electron chi connectivity index (χ2n) is 6.90. The quantitative estimate of drug-likeness (QED) is 0.728. The molecule has 0 aliphatic rings. The van der Waals surface area contributed by atoms with Crippen molar-refractivity contribution in [1.29, 1.82) is 0 Å². The van der Waals surface area contributed by atoms with Crippen LogP contribution in [0.4, 0.5) is 0 Å². The van der Waals surface area contributed by atoms with Gasteiger partial charge in [-0.05, 0) is 38.6 Å². The van der Waals surface area contributed by atoms with E-state index in [1.807, 2.05) is 37.4 Å². The van der Waals surface area contributed by atoms with Crippen molar-refractivity contribution in [1.82, 2.24) is 0 Å². The SMILES string of the molecule is CC(C)(C)[Si](C)(C)Oc1ccc([Si](C)(C)[O-])cc1.[Na+]. The molecule has 2 nitrogen and oxygen atoms in total. The Morgan fingerprint density at radius 1 is 0.947 bits per heavy atom. The fourth-order valence-electron chi connectivity index (χ4n) is 1.37. The summed E-state index contributed by atoms with van der Waals surface area (Å²) in [6, 6.07) is 7.76. The van der Waals surface area contributed by atoms with Gasteiger partial charge in [-0.3, -0.25) is 0 Å². The van der Waals surface area contributed by atoms with Crippen molar-refractivity contribution in [3.05, 3.63) is 24.3 Å². The molecule has 19 heavy (non-hydrogen) atoms.